The number of hydrogen-bond donors (Lipinski definition) is 2. The van der Waals surface area contributed by atoms with Crippen molar-refractivity contribution in [3.8, 4) is 0 Å². The number of aromatic nitrogens is 2. The van der Waals surface area contributed by atoms with Crippen molar-refractivity contribution in [1.82, 2.24) is 15.7 Å². The van der Waals surface area contributed by atoms with Crippen molar-refractivity contribution in [2.45, 2.75) is 13.8 Å². The summed E-state index contributed by atoms with van der Waals surface area (Å²) in [5.41, 5.74) is 1.98. The Kier molecular flexibility index (Phi) is 2.97. The summed E-state index contributed by atoms with van der Waals surface area (Å²) in [6.07, 6.45) is 0. The van der Waals surface area contributed by atoms with Gasteiger partial charge in [-0.15, -0.1) is 0 Å². The maximum absolute atomic E-state index is 13.0. The number of carbonyl (C=O) groups excluding carboxylic acids is 1. The third-order valence-electron chi connectivity index (χ3n) is 1.40. The molecule has 5 nitrogen and oxygen atoms in total. The first kappa shape index (κ1) is 9.66. The van der Waals surface area contributed by atoms with Crippen LogP contribution in [-0.2, 0) is 4.84 Å². The number of hydrogen-bond acceptors (Lipinski definition) is 3. The van der Waals surface area contributed by atoms with Crippen molar-refractivity contribution in [2.24, 2.45) is 0 Å². The lowest BCUT2D eigenvalue weighted by atomic mass is 10.3. The molecular weight excluding hydrogens is 177 g/mol. The van der Waals surface area contributed by atoms with Crippen molar-refractivity contribution in [1.29, 1.82) is 0 Å². The van der Waals surface area contributed by atoms with Crippen molar-refractivity contribution in [3.63, 3.8) is 0 Å². The molecule has 0 aliphatic rings. The van der Waals surface area contributed by atoms with Crippen molar-refractivity contribution in [2.75, 3.05) is 6.61 Å². The normalized spacial score (nSPS) is 10.1. The van der Waals surface area contributed by atoms with E-state index in [1.54, 1.807) is 6.92 Å². The van der Waals surface area contributed by atoms with E-state index >= 15 is 0 Å². The van der Waals surface area contributed by atoms with E-state index in [1.807, 2.05) is 5.48 Å². The molecule has 0 unspecified atom stereocenters. The van der Waals surface area contributed by atoms with Crippen molar-refractivity contribution in [3.05, 3.63) is 17.2 Å². The van der Waals surface area contributed by atoms with Crippen LogP contribution in [0.5, 0.6) is 0 Å². The maximum Gasteiger partial charge on any atom is 0.298 e. The number of rotatable bonds is 3. The minimum atomic E-state index is -0.691. The highest BCUT2D eigenvalue weighted by Gasteiger charge is 2.17. The topological polar surface area (TPSA) is 67.0 Å². The second-order valence-electron chi connectivity index (χ2n) is 2.38. The SMILES string of the molecule is CCONC(=O)c1n[nH]c(C)c1F. The van der Waals surface area contributed by atoms with Crippen LogP contribution in [0.25, 0.3) is 0 Å². The lowest BCUT2D eigenvalue weighted by Crippen LogP contribution is -2.24. The fourth-order valence-electron chi connectivity index (χ4n) is 0.752. The number of H-pyrrole nitrogens is 1. The molecule has 1 rings (SSSR count). The summed E-state index contributed by atoms with van der Waals surface area (Å²) in [5.74, 6) is -1.35. The van der Waals surface area contributed by atoms with E-state index < -0.39 is 11.7 Å². The average molecular weight is 187 g/mol. The van der Waals surface area contributed by atoms with Gasteiger partial charge in [0, 0.05) is 0 Å². The number of amides is 1. The zero-order chi connectivity index (χ0) is 9.84. The van der Waals surface area contributed by atoms with Gasteiger partial charge < -0.3 is 0 Å². The lowest BCUT2D eigenvalue weighted by molar-refractivity contribution is 0.0356. The highest BCUT2D eigenvalue weighted by Crippen LogP contribution is 2.06. The molecule has 0 aliphatic carbocycles. The number of halogens is 1. The Labute approximate surface area is 74.2 Å². The van der Waals surface area contributed by atoms with Crippen LogP contribution in [0.15, 0.2) is 0 Å². The Morgan fingerprint density at radius 3 is 2.92 bits per heavy atom. The second kappa shape index (κ2) is 3.99. The molecule has 1 heterocycles. The van der Waals surface area contributed by atoms with Gasteiger partial charge in [-0.3, -0.25) is 14.7 Å². The van der Waals surface area contributed by atoms with Crippen LogP contribution in [0.2, 0.25) is 0 Å². The van der Waals surface area contributed by atoms with Gasteiger partial charge >= 0.3 is 0 Å². The van der Waals surface area contributed by atoms with Crippen LogP contribution in [0, 0.1) is 12.7 Å². The highest BCUT2D eigenvalue weighted by molar-refractivity contribution is 5.91. The molecule has 0 radical (unpaired) electrons. The molecule has 6 heteroatoms. The molecule has 0 saturated carbocycles. The van der Waals surface area contributed by atoms with Gasteiger partial charge in [0.2, 0.25) is 0 Å². The summed E-state index contributed by atoms with van der Waals surface area (Å²) in [4.78, 5) is 15.7. The lowest BCUT2D eigenvalue weighted by Gasteiger charge is -1.99. The van der Waals surface area contributed by atoms with Crippen LogP contribution >= 0.6 is 0 Å². The van der Waals surface area contributed by atoms with Gasteiger partial charge in [0.1, 0.15) is 0 Å². The van der Waals surface area contributed by atoms with Gasteiger partial charge in [-0.1, -0.05) is 0 Å². The zero-order valence-electron chi connectivity index (χ0n) is 7.35. The van der Waals surface area contributed by atoms with Gasteiger partial charge in [0.15, 0.2) is 11.5 Å². The largest absolute Gasteiger partial charge is 0.298 e. The molecule has 2 N–H and O–H groups in total. The first-order valence-corrected chi connectivity index (χ1v) is 3.79. The predicted molar refractivity (Wildman–Crippen MR) is 42.4 cm³/mol. The number of aromatic amines is 1. The van der Waals surface area contributed by atoms with E-state index in [2.05, 4.69) is 15.0 Å². The molecule has 1 aromatic rings. The number of nitrogens with zero attached hydrogens (tertiary/aromatic N) is 1. The summed E-state index contributed by atoms with van der Waals surface area (Å²) < 4.78 is 13.0. The molecule has 72 valence electrons. The van der Waals surface area contributed by atoms with E-state index in [9.17, 15) is 9.18 Å². The molecule has 1 amide bonds. The summed E-state index contributed by atoms with van der Waals surface area (Å²) in [6, 6.07) is 0. The van der Waals surface area contributed by atoms with Gasteiger partial charge in [-0.2, -0.15) is 5.10 Å². The molecule has 0 saturated heterocycles. The van der Waals surface area contributed by atoms with E-state index in [4.69, 9.17) is 0 Å². The van der Waals surface area contributed by atoms with Gasteiger partial charge in [0.25, 0.3) is 5.91 Å². The molecule has 0 bridgehead atoms. The summed E-state index contributed by atoms with van der Waals surface area (Å²) in [7, 11) is 0. The zero-order valence-corrected chi connectivity index (χ0v) is 7.35. The van der Waals surface area contributed by atoms with E-state index in [0.29, 0.717) is 6.61 Å². The Morgan fingerprint density at radius 2 is 2.46 bits per heavy atom. The summed E-state index contributed by atoms with van der Waals surface area (Å²) >= 11 is 0. The van der Waals surface area contributed by atoms with Crippen LogP contribution in [0.4, 0.5) is 4.39 Å². The molecule has 0 aliphatic heterocycles. The smallest absolute Gasteiger partial charge is 0.279 e. The highest BCUT2D eigenvalue weighted by atomic mass is 19.1. The second-order valence-corrected chi connectivity index (χ2v) is 2.38. The molecule has 1 aromatic heterocycles. The summed E-state index contributed by atoms with van der Waals surface area (Å²) in [6.45, 7) is 3.50. The molecular formula is C7H10FN3O2. The number of carbonyl (C=O) groups is 1. The third-order valence-corrected chi connectivity index (χ3v) is 1.40. The van der Waals surface area contributed by atoms with Crippen LogP contribution in [0.3, 0.4) is 0 Å². The standard InChI is InChI=1S/C7H10FN3O2/c1-3-13-11-7(12)6-5(8)4(2)9-10-6/h3H2,1-2H3,(H,9,10)(H,11,12). The Bertz CT molecular complexity index is 311. The van der Waals surface area contributed by atoms with Gasteiger partial charge in [-0.05, 0) is 13.8 Å². The van der Waals surface area contributed by atoms with E-state index in [1.165, 1.54) is 6.92 Å². The molecule has 13 heavy (non-hydrogen) atoms. The monoisotopic (exact) mass is 187 g/mol. The van der Waals surface area contributed by atoms with E-state index in [-0.39, 0.29) is 11.4 Å². The Balaban J connectivity index is 2.71. The minimum Gasteiger partial charge on any atom is -0.279 e. The number of aryl methyl sites for hydroxylation is 1. The van der Waals surface area contributed by atoms with Gasteiger partial charge in [-0.25, -0.2) is 9.87 Å². The average Bonchev–Trinajstić information content (AvgIpc) is 2.44. The Hall–Kier alpha value is -1.43. The van der Waals surface area contributed by atoms with Crippen molar-refractivity contribution < 1.29 is 14.0 Å². The molecule has 0 atom stereocenters. The number of nitrogens with one attached hydrogen (secondary N) is 2. The fraction of sp³-hybridized carbons (Fsp3) is 0.429. The third kappa shape index (κ3) is 2.03. The quantitative estimate of drug-likeness (QED) is 0.678. The van der Waals surface area contributed by atoms with E-state index in [0.717, 1.165) is 0 Å². The Morgan fingerprint density at radius 1 is 1.77 bits per heavy atom. The minimum absolute atomic E-state index is 0.224. The fourth-order valence-corrected chi connectivity index (χ4v) is 0.752. The molecule has 0 fully saturated rings. The molecule has 0 aromatic carbocycles. The van der Waals surface area contributed by atoms with Gasteiger partial charge in [0.05, 0.1) is 12.3 Å². The molecule has 0 spiro atoms. The first-order valence-electron chi connectivity index (χ1n) is 3.79. The first-order chi connectivity index (χ1) is 6.16. The van der Waals surface area contributed by atoms with Crippen LogP contribution in [0.1, 0.15) is 23.1 Å². The predicted octanol–water partition coefficient (Wildman–Crippen LogP) is 0.539. The summed E-state index contributed by atoms with van der Waals surface area (Å²) in [5, 5.41) is 5.83. The number of hydroxylamine groups is 1. The van der Waals surface area contributed by atoms with Crippen molar-refractivity contribution >= 4 is 5.91 Å². The van der Waals surface area contributed by atoms with Crippen LogP contribution < -0.4 is 5.48 Å². The maximum atomic E-state index is 13.0. The van der Waals surface area contributed by atoms with Crippen LogP contribution in [-0.4, -0.2) is 22.7 Å².